The second-order valence-corrected chi connectivity index (χ2v) is 5.93. The summed E-state index contributed by atoms with van der Waals surface area (Å²) in [5.74, 6) is 2.13. The van der Waals surface area contributed by atoms with E-state index in [1.54, 1.807) is 11.3 Å². The van der Waals surface area contributed by atoms with E-state index in [1.807, 2.05) is 6.08 Å². The Balaban J connectivity index is 2.12. The van der Waals surface area contributed by atoms with E-state index in [2.05, 4.69) is 70.9 Å². The fraction of sp³-hybridized carbons (Fsp3) is 0.176. The van der Waals surface area contributed by atoms with Crippen molar-refractivity contribution in [3.05, 3.63) is 63.3 Å². The molecule has 1 aromatic carbocycles. The molecule has 0 saturated heterocycles. The molecule has 1 heterocycles. The van der Waals surface area contributed by atoms with Crippen molar-refractivity contribution >= 4 is 36.2 Å². The van der Waals surface area contributed by atoms with Gasteiger partial charge >= 0.3 is 0 Å². The Labute approximate surface area is 120 Å². The summed E-state index contributed by atoms with van der Waals surface area (Å²) < 4.78 is 0. The highest BCUT2D eigenvalue weighted by Crippen LogP contribution is 2.18. The number of thiophene rings is 1. The van der Waals surface area contributed by atoms with E-state index in [1.165, 1.54) is 31.9 Å². The molecule has 0 bridgehead atoms. The SMILES string of the molecule is C=Cc1ccc(/C=C/[B]c2c(C)cc(C)cc2C)s1. The van der Waals surface area contributed by atoms with Crippen molar-refractivity contribution in [2.75, 3.05) is 0 Å². The Morgan fingerprint density at radius 1 is 1.05 bits per heavy atom. The van der Waals surface area contributed by atoms with Crippen molar-refractivity contribution in [1.29, 1.82) is 0 Å². The highest BCUT2D eigenvalue weighted by molar-refractivity contribution is 7.13. The molecule has 0 atom stereocenters. The third-order valence-corrected chi connectivity index (χ3v) is 4.16. The predicted molar refractivity (Wildman–Crippen MR) is 89.5 cm³/mol. The van der Waals surface area contributed by atoms with E-state index in [-0.39, 0.29) is 0 Å². The van der Waals surface area contributed by atoms with Crippen molar-refractivity contribution in [3.63, 3.8) is 0 Å². The second-order valence-electron chi connectivity index (χ2n) is 4.78. The van der Waals surface area contributed by atoms with Crippen LogP contribution in [0.4, 0.5) is 0 Å². The molecule has 19 heavy (non-hydrogen) atoms. The zero-order valence-electron chi connectivity index (χ0n) is 11.7. The lowest BCUT2D eigenvalue weighted by Gasteiger charge is -2.08. The summed E-state index contributed by atoms with van der Waals surface area (Å²) in [6, 6.07) is 8.68. The van der Waals surface area contributed by atoms with E-state index in [0.29, 0.717) is 0 Å². The number of rotatable bonds is 4. The average Bonchev–Trinajstić information content (AvgIpc) is 2.80. The van der Waals surface area contributed by atoms with Gasteiger partial charge in [0.15, 0.2) is 7.28 Å². The number of hydrogen-bond acceptors (Lipinski definition) is 1. The van der Waals surface area contributed by atoms with Crippen LogP contribution in [0.1, 0.15) is 26.4 Å². The lowest BCUT2D eigenvalue weighted by Crippen LogP contribution is -2.19. The molecule has 0 spiro atoms. The van der Waals surface area contributed by atoms with Gasteiger partial charge in [-0.05, 0) is 32.9 Å². The minimum atomic E-state index is 1.21. The molecule has 0 amide bonds. The normalized spacial score (nSPS) is 10.9. The molecule has 0 saturated carbocycles. The van der Waals surface area contributed by atoms with Crippen LogP contribution in [0.3, 0.4) is 0 Å². The molecule has 2 rings (SSSR count). The first-order chi connectivity index (χ1) is 9.10. The highest BCUT2D eigenvalue weighted by Gasteiger charge is 2.03. The molecule has 95 valence electrons. The molecule has 2 aromatic rings. The zero-order valence-corrected chi connectivity index (χ0v) is 12.6. The van der Waals surface area contributed by atoms with E-state index in [9.17, 15) is 0 Å². The average molecular weight is 265 g/mol. The molecule has 0 N–H and O–H groups in total. The summed E-state index contributed by atoms with van der Waals surface area (Å²) in [4.78, 5) is 2.47. The van der Waals surface area contributed by atoms with Gasteiger partial charge in [0.2, 0.25) is 0 Å². The Morgan fingerprint density at radius 3 is 2.26 bits per heavy atom. The van der Waals surface area contributed by atoms with Crippen LogP contribution in [0.15, 0.2) is 36.8 Å². The minimum Gasteiger partial charge on any atom is -0.137 e. The first kappa shape index (κ1) is 13.9. The molecule has 1 aromatic heterocycles. The maximum absolute atomic E-state index is 3.78. The largest absolute Gasteiger partial charge is 0.182 e. The van der Waals surface area contributed by atoms with Gasteiger partial charge in [0.05, 0.1) is 0 Å². The fourth-order valence-electron chi connectivity index (χ4n) is 2.26. The van der Waals surface area contributed by atoms with Gasteiger partial charge in [-0.1, -0.05) is 53.0 Å². The quantitative estimate of drug-likeness (QED) is 0.722. The molecular formula is C17H18BS. The van der Waals surface area contributed by atoms with E-state index in [0.717, 1.165) is 0 Å². The first-order valence-corrected chi connectivity index (χ1v) is 7.23. The Bertz CT molecular complexity index is 597. The summed E-state index contributed by atoms with van der Waals surface area (Å²) in [6.07, 6.45) is 4.04. The molecule has 0 unspecified atom stereocenters. The summed E-state index contributed by atoms with van der Waals surface area (Å²) in [5.41, 5.74) is 5.31. The van der Waals surface area contributed by atoms with Gasteiger partial charge in [-0.2, -0.15) is 0 Å². The molecular weight excluding hydrogens is 247 g/mol. The highest BCUT2D eigenvalue weighted by atomic mass is 32.1. The van der Waals surface area contributed by atoms with E-state index < -0.39 is 0 Å². The zero-order chi connectivity index (χ0) is 13.8. The summed E-state index contributed by atoms with van der Waals surface area (Å²) in [5, 5.41) is 0. The van der Waals surface area contributed by atoms with Crippen LogP contribution in [0.25, 0.3) is 12.2 Å². The van der Waals surface area contributed by atoms with Crippen LogP contribution in [-0.2, 0) is 0 Å². The maximum Gasteiger partial charge on any atom is 0.182 e. The van der Waals surface area contributed by atoms with Crippen LogP contribution in [0, 0.1) is 20.8 Å². The van der Waals surface area contributed by atoms with Crippen LogP contribution >= 0.6 is 11.3 Å². The molecule has 1 radical (unpaired) electrons. The van der Waals surface area contributed by atoms with Crippen LogP contribution < -0.4 is 5.46 Å². The van der Waals surface area contributed by atoms with Gasteiger partial charge in [0.1, 0.15) is 0 Å². The van der Waals surface area contributed by atoms with Gasteiger partial charge < -0.3 is 0 Å². The summed E-state index contributed by atoms with van der Waals surface area (Å²) in [6.45, 7) is 10.3. The lowest BCUT2D eigenvalue weighted by atomic mass is 9.66. The van der Waals surface area contributed by atoms with E-state index in [4.69, 9.17) is 0 Å². The smallest absolute Gasteiger partial charge is 0.137 e. The Morgan fingerprint density at radius 2 is 1.68 bits per heavy atom. The van der Waals surface area contributed by atoms with Crippen molar-refractivity contribution in [2.45, 2.75) is 20.8 Å². The first-order valence-electron chi connectivity index (χ1n) is 6.41. The molecule has 0 aliphatic heterocycles. The molecule has 0 aliphatic carbocycles. The standard InChI is InChI=1S/C17H18BS/c1-5-15-6-7-16(19-15)8-9-18-17-13(3)10-12(2)11-14(17)4/h5-11H,1H2,2-4H3/b9-8+. The molecule has 0 nitrogen and oxygen atoms in total. The van der Waals surface area contributed by atoms with Crippen LogP contribution in [0.5, 0.6) is 0 Å². The number of aryl methyl sites for hydroxylation is 3. The van der Waals surface area contributed by atoms with Gasteiger partial charge in [-0.15, -0.1) is 17.3 Å². The fourth-order valence-corrected chi connectivity index (χ4v) is 3.04. The third-order valence-electron chi connectivity index (χ3n) is 3.11. The molecule has 0 aliphatic rings. The number of hydrogen-bond donors (Lipinski definition) is 0. The summed E-state index contributed by atoms with van der Waals surface area (Å²) in [7, 11) is 2.19. The van der Waals surface area contributed by atoms with Gasteiger partial charge in [0.25, 0.3) is 0 Å². The second kappa shape index (κ2) is 6.07. The molecule has 0 fully saturated rings. The molecule has 2 heteroatoms. The van der Waals surface area contributed by atoms with Crippen molar-refractivity contribution in [1.82, 2.24) is 0 Å². The third kappa shape index (κ3) is 3.48. The van der Waals surface area contributed by atoms with Crippen molar-refractivity contribution < 1.29 is 0 Å². The maximum atomic E-state index is 3.78. The van der Waals surface area contributed by atoms with Crippen LogP contribution in [0.2, 0.25) is 0 Å². The monoisotopic (exact) mass is 265 g/mol. The predicted octanol–water partition coefficient (Wildman–Crippen LogP) is 4.32. The van der Waals surface area contributed by atoms with Crippen LogP contribution in [-0.4, -0.2) is 7.28 Å². The van der Waals surface area contributed by atoms with Crippen molar-refractivity contribution in [2.24, 2.45) is 0 Å². The number of benzene rings is 1. The Kier molecular flexibility index (Phi) is 4.44. The van der Waals surface area contributed by atoms with Gasteiger partial charge in [-0.25, -0.2) is 0 Å². The minimum absolute atomic E-state index is 1.21. The van der Waals surface area contributed by atoms with Gasteiger partial charge in [-0.3, -0.25) is 0 Å². The lowest BCUT2D eigenvalue weighted by molar-refractivity contribution is 1.35. The van der Waals surface area contributed by atoms with E-state index >= 15 is 0 Å². The van der Waals surface area contributed by atoms with Crippen molar-refractivity contribution in [3.8, 4) is 0 Å². The van der Waals surface area contributed by atoms with Gasteiger partial charge in [0, 0.05) is 9.75 Å². The summed E-state index contributed by atoms with van der Waals surface area (Å²) >= 11 is 1.75. The topological polar surface area (TPSA) is 0 Å². The Hall–Kier alpha value is -1.54.